The first kappa shape index (κ1) is 20.5. The number of rotatable bonds is 0. The molecule has 1 saturated heterocycles. The maximum atomic E-state index is 12.8. The summed E-state index contributed by atoms with van der Waals surface area (Å²) < 4.78 is 26.8. The first-order chi connectivity index (χ1) is 13.2. The summed E-state index contributed by atoms with van der Waals surface area (Å²) in [6.45, 7) is 3.42. The van der Waals surface area contributed by atoms with E-state index in [4.69, 9.17) is 0 Å². The monoisotopic (exact) mass is 406 g/mol. The molecule has 0 saturated carbocycles. The second-order valence-electron chi connectivity index (χ2n) is 7.46. The van der Waals surface area contributed by atoms with Gasteiger partial charge in [0.25, 0.3) is 5.91 Å². The zero-order valence-electron chi connectivity index (χ0n) is 16.1. The Morgan fingerprint density at radius 1 is 1.18 bits per heavy atom. The Bertz CT molecular complexity index is 893. The molecule has 0 unspecified atom stereocenters. The first-order valence-corrected chi connectivity index (χ1v) is 10.7. The summed E-state index contributed by atoms with van der Waals surface area (Å²) in [5.74, 6) is -0.444. The molecule has 1 aromatic carbocycles. The smallest absolute Gasteiger partial charge is 0.251 e. The van der Waals surface area contributed by atoms with Crippen molar-refractivity contribution in [2.75, 3.05) is 33.2 Å². The molecule has 2 aliphatic heterocycles. The van der Waals surface area contributed by atoms with Crippen LogP contribution in [0.2, 0.25) is 0 Å². The molecule has 0 radical (unpaired) electrons. The molecular weight excluding hydrogens is 380 g/mol. The molecule has 2 bridgehead atoms. The summed E-state index contributed by atoms with van der Waals surface area (Å²) in [6, 6.07) is 5.67. The Morgan fingerprint density at radius 3 is 2.61 bits per heavy atom. The molecule has 2 heterocycles. The molecule has 2 aliphatic rings. The van der Waals surface area contributed by atoms with Gasteiger partial charge in [-0.3, -0.25) is 9.59 Å². The highest BCUT2D eigenvalue weighted by atomic mass is 32.2. The number of likely N-dealkylation sites (N-methyl/N-ethyl adjacent to an activating group) is 1. The van der Waals surface area contributed by atoms with Gasteiger partial charge in [-0.15, -0.1) is 0 Å². The maximum Gasteiger partial charge on any atom is 0.251 e. The van der Waals surface area contributed by atoms with Crippen LogP contribution in [-0.2, 0) is 14.8 Å². The Labute approximate surface area is 165 Å². The van der Waals surface area contributed by atoms with E-state index in [9.17, 15) is 18.0 Å². The fourth-order valence-electron chi connectivity index (χ4n) is 3.22. The van der Waals surface area contributed by atoms with Gasteiger partial charge in [-0.2, -0.15) is 4.31 Å². The van der Waals surface area contributed by atoms with Gasteiger partial charge in [-0.05, 0) is 31.5 Å². The zero-order valence-corrected chi connectivity index (χ0v) is 16.9. The normalized spacial score (nSPS) is 26.7. The second-order valence-corrected chi connectivity index (χ2v) is 9.50. The van der Waals surface area contributed by atoms with Gasteiger partial charge in [0.15, 0.2) is 0 Å². The SMILES string of the molecule is C[C@@H]1CNC(=O)C2(C/C=C\CN(C)S(=O)(=O)c3cccc(c3)C(=O)N1)CNC2. The highest BCUT2D eigenvalue weighted by Crippen LogP contribution is 2.28. The molecule has 3 N–H and O–H groups in total. The van der Waals surface area contributed by atoms with Gasteiger partial charge in [0.05, 0.1) is 10.3 Å². The zero-order chi connectivity index (χ0) is 20.4. The average molecular weight is 407 g/mol. The van der Waals surface area contributed by atoms with E-state index in [1.54, 1.807) is 25.1 Å². The van der Waals surface area contributed by atoms with Crippen LogP contribution in [0.15, 0.2) is 41.3 Å². The van der Waals surface area contributed by atoms with Crippen molar-refractivity contribution in [2.24, 2.45) is 5.41 Å². The predicted molar refractivity (Wildman–Crippen MR) is 105 cm³/mol. The Kier molecular flexibility index (Phi) is 5.87. The third kappa shape index (κ3) is 4.11. The lowest BCUT2D eigenvalue weighted by atomic mass is 9.77. The Balaban J connectivity index is 1.90. The first-order valence-electron chi connectivity index (χ1n) is 9.26. The number of nitrogens with one attached hydrogen (secondary N) is 3. The summed E-state index contributed by atoms with van der Waals surface area (Å²) in [6.07, 6.45) is 4.14. The number of benzene rings is 1. The van der Waals surface area contributed by atoms with E-state index in [-0.39, 0.29) is 34.9 Å². The van der Waals surface area contributed by atoms with Crippen molar-refractivity contribution < 1.29 is 18.0 Å². The number of sulfonamides is 1. The third-order valence-electron chi connectivity index (χ3n) is 5.20. The van der Waals surface area contributed by atoms with Gasteiger partial charge >= 0.3 is 0 Å². The number of hydrogen-bond acceptors (Lipinski definition) is 5. The van der Waals surface area contributed by atoms with Gasteiger partial charge in [-0.1, -0.05) is 18.2 Å². The molecule has 28 heavy (non-hydrogen) atoms. The number of nitrogens with zero attached hydrogens (tertiary/aromatic N) is 1. The van der Waals surface area contributed by atoms with Crippen LogP contribution in [0.4, 0.5) is 0 Å². The topological polar surface area (TPSA) is 108 Å². The van der Waals surface area contributed by atoms with Crippen molar-refractivity contribution >= 4 is 21.8 Å². The molecule has 9 heteroatoms. The van der Waals surface area contributed by atoms with E-state index >= 15 is 0 Å². The number of carbonyl (C=O) groups excluding carboxylic acids is 2. The average Bonchev–Trinajstić information content (AvgIpc) is 2.64. The molecule has 152 valence electrons. The molecule has 8 nitrogen and oxygen atoms in total. The van der Waals surface area contributed by atoms with Gasteiger partial charge in [-0.25, -0.2) is 8.42 Å². The van der Waals surface area contributed by atoms with Crippen molar-refractivity contribution in [1.82, 2.24) is 20.3 Å². The lowest BCUT2D eigenvalue weighted by Crippen LogP contribution is -2.62. The fraction of sp³-hybridized carbons (Fsp3) is 0.474. The van der Waals surface area contributed by atoms with E-state index in [1.807, 2.05) is 6.08 Å². The predicted octanol–water partition coefficient (Wildman–Crippen LogP) is 0.0911. The quantitative estimate of drug-likeness (QED) is 0.530. The number of amides is 2. The number of fused-ring (bicyclic) bond motifs is 2. The lowest BCUT2D eigenvalue weighted by Gasteiger charge is -2.40. The van der Waals surface area contributed by atoms with Crippen molar-refractivity contribution in [1.29, 1.82) is 0 Å². The summed E-state index contributed by atoms with van der Waals surface area (Å²) in [7, 11) is -2.23. The molecular formula is C19H26N4O4S. The second kappa shape index (κ2) is 8.02. The minimum Gasteiger partial charge on any atom is -0.353 e. The lowest BCUT2D eigenvalue weighted by molar-refractivity contribution is -0.133. The molecule has 1 fully saturated rings. The highest BCUT2D eigenvalue weighted by molar-refractivity contribution is 7.89. The summed E-state index contributed by atoms with van der Waals surface area (Å²) in [4.78, 5) is 25.2. The molecule has 1 aromatic rings. The van der Waals surface area contributed by atoms with Gasteiger partial charge < -0.3 is 16.0 Å². The summed E-state index contributed by atoms with van der Waals surface area (Å²) >= 11 is 0. The van der Waals surface area contributed by atoms with E-state index in [0.29, 0.717) is 26.1 Å². The third-order valence-corrected chi connectivity index (χ3v) is 7.02. The van der Waals surface area contributed by atoms with Gasteiger partial charge in [0, 0.05) is 44.8 Å². The van der Waals surface area contributed by atoms with Gasteiger partial charge in [0.2, 0.25) is 15.9 Å². The van der Waals surface area contributed by atoms with Crippen LogP contribution in [0.1, 0.15) is 23.7 Å². The molecule has 3 rings (SSSR count). The molecule has 1 atom stereocenters. The maximum absolute atomic E-state index is 12.8. The Hall–Kier alpha value is -2.23. The van der Waals surface area contributed by atoms with Crippen molar-refractivity contribution in [3.8, 4) is 0 Å². The number of hydrogen-bond donors (Lipinski definition) is 3. The minimum absolute atomic E-state index is 0.0629. The van der Waals surface area contributed by atoms with Crippen LogP contribution in [-0.4, -0.2) is 63.8 Å². The summed E-state index contributed by atoms with van der Waals surface area (Å²) in [5, 5.41) is 8.85. The number of allylic oxidation sites excluding steroid dienone is 1. The van der Waals surface area contributed by atoms with Crippen LogP contribution in [0, 0.1) is 5.41 Å². The van der Waals surface area contributed by atoms with Crippen molar-refractivity contribution in [3.63, 3.8) is 0 Å². The van der Waals surface area contributed by atoms with Crippen LogP contribution >= 0.6 is 0 Å². The molecule has 2 amide bonds. The minimum atomic E-state index is -3.72. The van der Waals surface area contributed by atoms with E-state index in [1.165, 1.54) is 23.5 Å². The van der Waals surface area contributed by atoms with Gasteiger partial charge in [0.1, 0.15) is 0 Å². The van der Waals surface area contributed by atoms with Crippen LogP contribution in [0.25, 0.3) is 0 Å². The van der Waals surface area contributed by atoms with E-state index in [2.05, 4.69) is 16.0 Å². The molecule has 0 aromatic heterocycles. The Morgan fingerprint density at radius 2 is 1.93 bits per heavy atom. The van der Waals surface area contributed by atoms with Crippen LogP contribution in [0.3, 0.4) is 0 Å². The molecule has 0 aliphatic carbocycles. The highest BCUT2D eigenvalue weighted by Gasteiger charge is 2.43. The van der Waals surface area contributed by atoms with Crippen molar-refractivity contribution in [3.05, 3.63) is 42.0 Å². The van der Waals surface area contributed by atoms with E-state index in [0.717, 1.165) is 0 Å². The van der Waals surface area contributed by atoms with Crippen molar-refractivity contribution in [2.45, 2.75) is 24.3 Å². The largest absolute Gasteiger partial charge is 0.353 e. The molecule has 1 spiro atoms. The van der Waals surface area contributed by atoms with Crippen LogP contribution < -0.4 is 16.0 Å². The standard InChI is InChI=1S/C19H26N4O4S/c1-14-11-21-18(25)19(12-20-13-19)8-3-4-9-23(2)28(26,27)16-7-5-6-15(10-16)17(24)22-14/h3-7,10,14,20H,8-9,11-13H2,1-2H3,(H,21,25)(H,22,24)/b4-3-/t14-/m1/s1. The van der Waals surface area contributed by atoms with Crippen LogP contribution in [0.5, 0.6) is 0 Å². The summed E-state index contributed by atoms with van der Waals surface area (Å²) in [5.41, 5.74) is -0.270. The van der Waals surface area contributed by atoms with E-state index < -0.39 is 15.4 Å². The number of carbonyl (C=O) groups is 2. The fourth-order valence-corrected chi connectivity index (χ4v) is 4.39.